The van der Waals surface area contributed by atoms with Gasteiger partial charge in [-0.05, 0) is 29.7 Å². The molecule has 1 amide bonds. The predicted octanol–water partition coefficient (Wildman–Crippen LogP) is 3.09. The number of hydrogen-bond donors (Lipinski definition) is 1. The third-order valence-corrected chi connectivity index (χ3v) is 4.43. The lowest BCUT2D eigenvalue weighted by atomic mass is 9.77. The van der Waals surface area contributed by atoms with Crippen molar-refractivity contribution in [1.29, 1.82) is 0 Å². The van der Waals surface area contributed by atoms with Gasteiger partial charge in [0.15, 0.2) is 11.5 Å². The summed E-state index contributed by atoms with van der Waals surface area (Å²) in [5.74, 6) is 1.34. The second-order valence-electron chi connectivity index (χ2n) is 5.69. The molecule has 2 unspecified atom stereocenters. The molecule has 1 heterocycles. The smallest absolute Gasteiger partial charge is 0.228 e. The first-order valence-electron chi connectivity index (χ1n) is 7.79. The number of hydrogen-bond acceptors (Lipinski definition) is 3. The van der Waals surface area contributed by atoms with Gasteiger partial charge < -0.3 is 14.8 Å². The monoisotopic (exact) mass is 311 g/mol. The van der Waals surface area contributed by atoms with Crippen LogP contribution in [0.25, 0.3) is 0 Å². The zero-order chi connectivity index (χ0) is 16.2. The Morgan fingerprint density at radius 2 is 1.70 bits per heavy atom. The SMILES string of the molecule is COc1ccc(C2C(=O)NCCC2c2ccccc2)cc1OC. The zero-order valence-corrected chi connectivity index (χ0v) is 13.4. The van der Waals surface area contributed by atoms with E-state index in [4.69, 9.17) is 9.47 Å². The lowest BCUT2D eigenvalue weighted by Crippen LogP contribution is -2.39. The van der Waals surface area contributed by atoms with E-state index in [1.807, 2.05) is 36.4 Å². The Labute approximate surface area is 136 Å². The zero-order valence-electron chi connectivity index (χ0n) is 13.4. The van der Waals surface area contributed by atoms with Crippen molar-refractivity contribution in [2.75, 3.05) is 20.8 Å². The predicted molar refractivity (Wildman–Crippen MR) is 89.1 cm³/mol. The number of carbonyl (C=O) groups is 1. The fourth-order valence-electron chi connectivity index (χ4n) is 3.30. The molecule has 4 heteroatoms. The summed E-state index contributed by atoms with van der Waals surface area (Å²) in [6.45, 7) is 0.710. The Bertz CT molecular complexity index is 684. The maximum atomic E-state index is 12.5. The van der Waals surface area contributed by atoms with Crippen LogP contribution in [0.4, 0.5) is 0 Å². The van der Waals surface area contributed by atoms with Crippen molar-refractivity contribution in [2.24, 2.45) is 0 Å². The molecule has 0 saturated carbocycles. The molecule has 0 bridgehead atoms. The van der Waals surface area contributed by atoms with Crippen molar-refractivity contribution >= 4 is 5.91 Å². The second-order valence-corrected chi connectivity index (χ2v) is 5.69. The molecule has 2 aromatic rings. The van der Waals surface area contributed by atoms with Crippen LogP contribution in [-0.2, 0) is 4.79 Å². The van der Waals surface area contributed by atoms with Gasteiger partial charge in [-0.1, -0.05) is 36.4 Å². The molecule has 1 aliphatic rings. The minimum Gasteiger partial charge on any atom is -0.493 e. The minimum absolute atomic E-state index is 0.0670. The van der Waals surface area contributed by atoms with Crippen LogP contribution in [0.3, 0.4) is 0 Å². The van der Waals surface area contributed by atoms with E-state index in [0.717, 1.165) is 12.0 Å². The van der Waals surface area contributed by atoms with Crippen molar-refractivity contribution in [3.05, 3.63) is 59.7 Å². The largest absolute Gasteiger partial charge is 0.493 e. The van der Waals surface area contributed by atoms with Crippen LogP contribution in [0.2, 0.25) is 0 Å². The fourth-order valence-corrected chi connectivity index (χ4v) is 3.30. The molecule has 120 valence electrons. The van der Waals surface area contributed by atoms with E-state index in [-0.39, 0.29) is 17.7 Å². The highest BCUT2D eigenvalue weighted by Gasteiger charge is 2.34. The second kappa shape index (κ2) is 6.73. The molecule has 1 aliphatic heterocycles. The van der Waals surface area contributed by atoms with Crippen molar-refractivity contribution in [3.63, 3.8) is 0 Å². The van der Waals surface area contributed by atoms with Crippen molar-refractivity contribution in [2.45, 2.75) is 18.3 Å². The number of benzene rings is 2. The quantitative estimate of drug-likeness (QED) is 0.944. The van der Waals surface area contributed by atoms with Crippen LogP contribution < -0.4 is 14.8 Å². The molecular formula is C19H21NO3. The molecule has 0 aliphatic carbocycles. The molecule has 1 N–H and O–H groups in total. The summed E-state index contributed by atoms with van der Waals surface area (Å²) in [6.07, 6.45) is 0.925. The van der Waals surface area contributed by atoms with E-state index in [0.29, 0.717) is 18.0 Å². The normalized spacial score (nSPS) is 20.7. The van der Waals surface area contributed by atoms with Crippen LogP contribution in [-0.4, -0.2) is 26.7 Å². The van der Waals surface area contributed by atoms with Gasteiger partial charge in [0.1, 0.15) is 0 Å². The number of carbonyl (C=O) groups excluding carboxylic acids is 1. The summed E-state index contributed by atoms with van der Waals surface area (Å²) in [6, 6.07) is 15.9. The van der Waals surface area contributed by atoms with Gasteiger partial charge in [-0.15, -0.1) is 0 Å². The molecule has 0 spiro atoms. The summed E-state index contributed by atoms with van der Waals surface area (Å²) in [4.78, 5) is 12.5. The number of amides is 1. The van der Waals surface area contributed by atoms with Gasteiger partial charge >= 0.3 is 0 Å². The Kier molecular flexibility index (Phi) is 4.51. The van der Waals surface area contributed by atoms with Gasteiger partial charge in [0.05, 0.1) is 20.1 Å². The van der Waals surface area contributed by atoms with Gasteiger partial charge in [0.25, 0.3) is 0 Å². The highest BCUT2D eigenvalue weighted by molar-refractivity contribution is 5.86. The first-order valence-corrected chi connectivity index (χ1v) is 7.79. The molecule has 3 rings (SSSR count). The maximum Gasteiger partial charge on any atom is 0.228 e. The molecule has 23 heavy (non-hydrogen) atoms. The molecule has 0 aromatic heterocycles. The van der Waals surface area contributed by atoms with E-state index in [1.54, 1.807) is 14.2 Å². The number of rotatable bonds is 4. The number of nitrogens with one attached hydrogen (secondary N) is 1. The summed E-state index contributed by atoms with van der Waals surface area (Å²) >= 11 is 0. The molecule has 2 atom stereocenters. The summed E-state index contributed by atoms with van der Waals surface area (Å²) < 4.78 is 10.7. The van der Waals surface area contributed by atoms with Gasteiger partial charge in [0.2, 0.25) is 5.91 Å². The first-order chi connectivity index (χ1) is 11.2. The average molecular weight is 311 g/mol. The summed E-state index contributed by atoms with van der Waals surface area (Å²) in [7, 11) is 3.22. The van der Waals surface area contributed by atoms with Crippen molar-refractivity contribution in [1.82, 2.24) is 5.32 Å². The summed E-state index contributed by atoms with van der Waals surface area (Å²) in [5.41, 5.74) is 2.15. The highest BCUT2D eigenvalue weighted by Crippen LogP contribution is 2.40. The Morgan fingerprint density at radius 1 is 0.957 bits per heavy atom. The molecule has 1 fully saturated rings. The Morgan fingerprint density at radius 3 is 2.39 bits per heavy atom. The van der Waals surface area contributed by atoms with Crippen LogP contribution in [0.5, 0.6) is 11.5 Å². The van der Waals surface area contributed by atoms with Crippen LogP contribution in [0.15, 0.2) is 48.5 Å². The topological polar surface area (TPSA) is 47.6 Å². The fraction of sp³-hybridized carbons (Fsp3) is 0.316. The van der Waals surface area contributed by atoms with Crippen LogP contribution in [0, 0.1) is 0 Å². The first kappa shape index (κ1) is 15.4. The van der Waals surface area contributed by atoms with E-state index >= 15 is 0 Å². The van der Waals surface area contributed by atoms with Crippen molar-refractivity contribution in [3.8, 4) is 11.5 Å². The average Bonchev–Trinajstić information content (AvgIpc) is 2.61. The molecular weight excluding hydrogens is 290 g/mol. The number of piperidine rings is 1. The Balaban J connectivity index is 2.01. The van der Waals surface area contributed by atoms with Crippen LogP contribution in [0.1, 0.15) is 29.4 Å². The molecule has 2 aromatic carbocycles. The highest BCUT2D eigenvalue weighted by atomic mass is 16.5. The minimum atomic E-state index is -0.217. The van der Waals surface area contributed by atoms with E-state index < -0.39 is 0 Å². The van der Waals surface area contributed by atoms with Gasteiger partial charge in [-0.3, -0.25) is 4.79 Å². The maximum absolute atomic E-state index is 12.5. The van der Waals surface area contributed by atoms with Crippen LogP contribution >= 0.6 is 0 Å². The van der Waals surface area contributed by atoms with Gasteiger partial charge in [-0.2, -0.15) is 0 Å². The van der Waals surface area contributed by atoms with Gasteiger partial charge in [0, 0.05) is 12.5 Å². The number of methoxy groups -OCH3 is 2. The van der Waals surface area contributed by atoms with Crippen molar-refractivity contribution < 1.29 is 14.3 Å². The van der Waals surface area contributed by atoms with E-state index in [1.165, 1.54) is 5.56 Å². The summed E-state index contributed by atoms with van der Waals surface area (Å²) in [5, 5.41) is 2.99. The van der Waals surface area contributed by atoms with E-state index in [9.17, 15) is 4.79 Å². The molecule has 4 nitrogen and oxygen atoms in total. The Hall–Kier alpha value is -2.49. The molecule has 1 saturated heterocycles. The lowest BCUT2D eigenvalue weighted by Gasteiger charge is -2.32. The third kappa shape index (κ3) is 3.02. The lowest BCUT2D eigenvalue weighted by molar-refractivity contribution is -0.124. The third-order valence-electron chi connectivity index (χ3n) is 4.43. The van der Waals surface area contributed by atoms with Gasteiger partial charge in [-0.25, -0.2) is 0 Å². The number of ether oxygens (including phenoxy) is 2. The standard InChI is InChI=1S/C19H21NO3/c1-22-16-9-8-14(12-17(16)23-2)18-15(10-11-20-19(18)21)13-6-4-3-5-7-13/h3-9,12,15,18H,10-11H2,1-2H3,(H,20,21). The molecule has 0 radical (unpaired) electrons. The van der Waals surface area contributed by atoms with E-state index in [2.05, 4.69) is 17.4 Å².